The molecule has 0 bridgehead atoms. The van der Waals surface area contributed by atoms with Gasteiger partial charge >= 0.3 is 0 Å². The Morgan fingerprint density at radius 3 is 2.30 bits per heavy atom. The number of nitrogens with one attached hydrogen (secondary N) is 2. The molecule has 7 heteroatoms. The summed E-state index contributed by atoms with van der Waals surface area (Å²) in [5, 5.41) is 7.02. The van der Waals surface area contributed by atoms with Gasteiger partial charge in [-0.15, -0.1) is 24.0 Å². The first-order chi connectivity index (χ1) is 13.9. The third-order valence-corrected chi connectivity index (χ3v) is 6.15. The van der Waals surface area contributed by atoms with E-state index in [4.69, 9.17) is 9.73 Å². The largest absolute Gasteiger partial charge is 0.378 e. The smallest absolute Gasteiger partial charge is 0.253 e. The Morgan fingerprint density at radius 2 is 1.80 bits per heavy atom. The first-order valence-electron chi connectivity index (χ1n) is 10.9. The second-order valence-corrected chi connectivity index (χ2v) is 7.91. The molecule has 2 atom stereocenters. The number of ether oxygens (including phenoxy) is 1. The van der Waals surface area contributed by atoms with Crippen molar-refractivity contribution < 1.29 is 9.53 Å². The van der Waals surface area contributed by atoms with Crippen molar-refractivity contribution in [1.82, 2.24) is 15.5 Å². The van der Waals surface area contributed by atoms with Crippen molar-refractivity contribution in [3.05, 3.63) is 35.4 Å². The average molecular weight is 530 g/mol. The number of hydrogen-bond acceptors (Lipinski definition) is 3. The van der Waals surface area contributed by atoms with Crippen molar-refractivity contribution in [3.63, 3.8) is 0 Å². The molecule has 0 aromatic heterocycles. The maximum absolute atomic E-state index is 12.0. The number of amides is 1. The van der Waals surface area contributed by atoms with Crippen LogP contribution in [-0.2, 0) is 11.3 Å². The van der Waals surface area contributed by atoms with E-state index in [-0.39, 0.29) is 35.3 Å². The molecule has 1 aromatic carbocycles. The summed E-state index contributed by atoms with van der Waals surface area (Å²) in [4.78, 5) is 18.4. The Morgan fingerprint density at radius 1 is 1.17 bits per heavy atom. The second-order valence-electron chi connectivity index (χ2n) is 7.91. The van der Waals surface area contributed by atoms with Gasteiger partial charge in [0.2, 0.25) is 0 Å². The van der Waals surface area contributed by atoms with Gasteiger partial charge in [-0.1, -0.05) is 26.0 Å². The van der Waals surface area contributed by atoms with Gasteiger partial charge in [0.05, 0.1) is 12.6 Å². The second kappa shape index (κ2) is 12.5. The van der Waals surface area contributed by atoms with Crippen LogP contribution in [0, 0.1) is 5.41 Å². The molecule has 0 saturated heterocycles. The molecular weight excluding hydrogens is 491 g/mol. The number of carbonyl (C=O) groups is 1. The molecule has 2 rings (SSSR count). The van der Waals surface area contributed by atoms with Crippen molar-refractivity contribution in [2.24, 2.45) is 10.4 Å². The first kappa shape index (κ1) is 26.7. The van der Waals surface area contributed by atoms with Crippen LogP contribution >= 0.6 is 24.0 Å². The molecule has 1 aliphatic carbocycles. The van der Waals surface area contributed by atoms with Crippen LogP contribution in [0.5, 0.6) is 0 Å². The zero-order valence-corrected chi connectivity index (χ0v) is 21.7. The standard InChI is InChI=1S/C23H38N4O2.HI/c1-7-23(8-2)19(15-20(23)29-10-4)26-22(24-9-3)25-16-17-11-13-18(14-12-17)21(28)27(5)6;/h11-14,19-20H,7-10,15-16H2,1-6H3,(H2,24,25,26);1H. The van der Waals surface area contributed by atoms with Crippen molar-refractivity contribution >= 4 is 35.8 Å². The van der Waals surface area contributed by atoms with E-state index < -0.39 is 0 Å². The zero-order chi connectivity index (χ0) is 21.4. The number of carbonyl (C=O) groups excluding carboxylic acids is 1. The van der Waals surface area contributed by atoms with E-state index in [0.717, 1.165) is 43.9 Å². The molecule has 0 heterocycles. The van der Waals surface area contributed by atoms with Gasteiger partial charge in [0, 0.05) is 44.3 Å². The lowest BCUT2D eigenvalue weighted by atomic mass is 9.58. The van der Waals surface area contributed by atoms with Crippen LogP contribution in [0.1, 0.15) is 62.9 Å². The highest BCUT2D eigenvalue weighted by Crippen LogP contribution is 2.48. The van der Waals surface area contributed by atoms with Crippen LogP contribution in [0.2, 0.25) is 0 Å². The summed E-state index contributed by atoms with van der Waals surface area (Å²) in [6.07, 6.45) is 3.52. The maximum atomic E-state index is 12.0. The molecule has 0 aliphatic heterocycles. The quantitative estimate of drug-likeness (QED) is 0.287. The molecule has 0 spiro atoms. The molecule has 0 radical (unpaired) electrons. The van der Waals surface area contributed by atoms with Crippen LogP contribution in [0.15, 0.2) is 29.3 Å². The van der Waals surface area contributed by atoms with Gasteiger partial charge in [0.1, 0.15) is 0 Å². The van der Waals surface area contributed by atoms with E-state index in [1.165, 1.54) is 0 Å². The van der Waals surface area contributed by atoms with Gasteiger partial charge in [-0.05, 0) is 50.8 Å². The highest BCUT2D eigenvalue weighted by atomic mass is 127. The summed E-state index contributed by atoms with van der Waals surface area (Å²) < 4.78 is 5.99. The molecule has 1 aliphatic rings. The van der Waals surface area contributed by atoms with Crippen molar-refractivity contribution in [2.75, 3.05) is 27.2 Å². The van der Waals surface area contributed by atoms with E-state index in [2.05, 4.69) is 38.3 Å². The Labute approximate surface area is 199 Å². The number of rotatable bonds is 9. The summed E-state index contributed by atoms with van der Waals surface area (Å²) >= 11 is 0. The van der Waals surface area contributed by atoms with Gasteiger partial charge in [0.15, 0.2) is 5.96 Å². The number of halogens is 1. The van der Waals surface area contributed by atoms with Crippen LogP contribution < -0.4 is 10.6 Å². The summed E-state index contributed by atoms with van der Waals surface area (Å²) in [6, 6.07) is 8.05. The topological polar surface area (TPSA) is 66.0 Å². The normalized spacial score (nSPS) is 20.0. The maximum Gasteiger partial charge on any atom is 0.253 e. The number of hydrogen-bond donors (Lipinski definition) is 2. The summed E-state index contributed by atoms with van der Waals surface area (Å²) in [6.45, 7) is 10.8. The van der Waals surface area contributed by atoms with E-state index in [0.29, 0.717) is 24.3 Å². The number of aliphatic imine (C=N–C) groups is 1. The predicted octanol–water partition coefficient (Wildman–Crippen LogP) is 4.05. The molecule has 2 N–H and O–H groups in total. The van der Waals surface area contributed by atoms with E-state index in [9.17, 15) is 4.79 Å². The third-order valence-electron chi connectivity index (χ3n) is 6.15. The molecule has 6 nitrogen and oxygen atoms in total. The SMILES string of the molecule is CCNC(=NCc1ccc(C(=O)N(C)C)cc1)NC1CC(OCC)C1(CC)CC.I. The number of guanidine groups is 1. The lowest BCUT2D eigenvalue weighted by Gasteiger charge is -2.55. The molecule has 1 aromatic rings. The Kier molecular flexibility index (Phi) is 11.1. The van der Waals surface area contributed by atoms with Gasteiger partial charge in [0.25, 0.3) is 5.91 Å². The van der Waals surface area contributed by atoms with Gasteiger partial charge in [-0.25, -0.2) is 4.99 Å². The minimum absolute atomic E-state index is 0. The predicted molar refractivity (Wildman–Crippen MR) is 135 cm³/mol. The zero-order valence-electron chi connectivity index (χ0n) is 19.3. The van der Waals surface area contributed by atoms with Crippen molar-refractivity contribution in [1.29, 1.82) is 0 Å². The highest BCUT2D eigenvalue weighted by Gasteiger charge is 2.53. The highest BCUT2D eigenvalue weighted by molar-refractivity contribution is 14.0. The van der Waals surface area contributed by atoms with Crippen molar-refractivity contribution in [2.45, 2.75) is 65.6 Å². The van der Waals surface area contributed by atoms with E-state index in [1.807, 2.05) is 24.3 Å². The van der Waals surface area contributed by atoms with E-state index >= 15 is 0 Å². The monoisotopic (exact) mass is 530 g/mol. The minimum atomic E-state index is 0. The Hall–Kier alpha value is -1.35. The molecule has 1 fully saturated rings. The Bertz CT molecular complexity index is 687. The van der Waals surface area contributed by atoms with Crippen molar-refractivity contribution in [3.8, 4) is 0 Å². The van der Waals surface area contributed by atoms with Gasteiger partial charge in [-0.3, -0.25) is 4.79 Å². The average Bonchev–Trinajstić information content (AvgIpc) is 2.72. The fourth-order valence-electron chi connectivity index (χ4n) is 4.25. The van der Waals surface area contributed by atoms with Crippen LogP contribution in [0.25, 0.3) is 0 Å². The summed E-state index contributed by atoms with van der Waals surface area (Å²) in [7, 11) is 3.52. The minimum Gasteiger partial charge on any atom is -0.378 e. The molecule has 170 valence electrons. The molecular formula is C23H39IN4O2. The molecule has 2 unspecified atom stereocenters. The summed E-state index contributed by atoms with van der Waals surface area (Å²) in [5.74, 6) is 0.853. The van der Waals surface area contributed by atoms with E-state index in [1.54, 1.807) is 19.0 Å². The lowest BCUT2D eigenvalue weighted by Crippen LogP contribution is -2.65. The lowest BCUT2D eigenvalue weighted by molar-refractivity contribution is -0.133. The number of nitrogens with zero attached hydrogens (tertiary/aromatic N) is 2. The molecule has 30 heavy (non-hydrogen) atoms. The van der Waals surface area contributed by atoms with Crippen LogP contribution in [0.4, 0.5) is 0 Å². The van der Waals surface area contributed by atoms with Crippen LogP contribution in [0.3, 0.4) is 0 Å². The van der Waals surface area contributed by atoms with Crippen LogP contribution in [-0.4, -0.2) is 56.2 Å². The van der Waals surface area contributed by atoms with Gasteiger partial charge < -0.3 is 20.3 Å². The fraction of sp³-hybridized carbons (Fsp3) is 0.652. The first-order valence-corrected chi connectivity index (χ1v) is 10.9. The van der Waals surface area contributed by atoms with Gasteiger partial charge in [-0.2, -0.15) is 0 Å². The molecule has 1 saturated carbocycles. The fourth-order valence-corrected chi connectivity index (χ4v) is 4.25. The number of benzene rings is 1. The Balaban J connectivity index is 0.00000450. The summed E-state index contributed by atoms with van der Waals surface area (Å²) in [5.41, 5.74) is 1.94. The molecule has 1 amide bonds. The third kappa shape index (κ3) is 6.09.